The number of anilines is 1. The first-order valence-electron chi connectivity index (χ1n) is 9.70. The number of amides is 1. The summed E-state index contributed by atoms with van der Waals surface area (Å²) in [6.45, 7) is 0.121. The third-order valence-corrected chi connectivity index (χ3v) is 4.86. The van der Waals surface area contributed by atoms with Crippen molar-refractivity contribution >= 4 is 22.8 Å². The molecule has 152 valence electrons. The van der Waals surface area contributed by atoms with Gasteiger partial charge in [-0.1, -0.05) is 53.7 Å². The number of rotatable bonds is 6. The minimum absolute atomic E-state index is 0.0980. The smallest absolute Gasteiger partial charge is 0.331 e. The maximum atomic E-state index is 12.7. The van der Waals surface area contributed by atoms with E-state index in [1.54, 1.807) is 24.5 Å². The van der Waals surface area contributed by atoms with Gasteiger partial charge < -0.3 is 9.09 Å². The van der Waals surface area contributed by atoms with Gasteiger partial charge in [-0.25, -0.2) is 5.43 Å². The van der Waals surface area contributed by atoms with Crippen LogP contribution in [0.4, 0.5) is 6.01 Å². The Kier molecular flexibility index (Phi) is 4.86. The summed E-state index contributed by atoms with van der Waals surface area (Å²) in [5.74, 6) is 0.157. The lowest BCUT2D eigenvalue weighted by Crippen LogP contribution is -2.32. The summed E-state index contributed by atoms with van der Waals surface area (Å²) in [6, 6.07) is 23.7. The van der Waals surface area contributed by atoms with Crippen molar-refractivity contribution < 1.29 is 9.32 Å². The molecule has 5 aromatic rings. The molecule has 5 rings (SSSR count). The average Bonchev–Trinajstić information content (AvgIpc) is 3.44. The van der Waals surface area contributed by atoms with Crippen molar-refractivity contribution in [1.29, 1.82) is 0 Å². The number of para-hydroxylation sites is 1. The fraction of sp³-hybridized carbons (Fsp3) is 0.0435. The fourth-order valence-electron chi connectivity index (χ4n) is 3.43. The van der Waals surface area contributed by atoms with Gasteiger partial charge in [0.2, 0.25) is 5.82 Å². The molecule has 0 aliphatic rings. The van der Waals surface area contributed by atoms with Crippen molar-refractivity contribution in [2.24, 2.45) is 0 Å². The molecule has 0 atom stereocenters. The molecule has 0 bridgehead atoms. The number of hydrogen-bond acceptors (Lipinski definition) is 6. The van der Waals surface area contributed by atoms with Crippen LogP contribution in [0, 0.1) is 0 Å². The Labute approximate surface area is 177 Å². The molecule has 0 fully saturated rings. The number of nitrogens with zero attached hydrogens (tertiary/aromatic N) is 4. The van der Waals surface area contributed by atoms with E-state index >= 15 is 0 Å². The Morgan fingerprint density at radius 1 is 0.935 bits per heavy atom. The first-order valence-corrected chi connectivity index (χ1v) is 9.70. The van der Waals surface area contributed by atoms with Gasteiger partial charge in [0.05, 0.1) is 0 Å². The fourth-order valence-corrected chi connectivity index (χ4v) is 3.43. The molecular weight excluding hydrogens is 392 g/mol. The van der Waals surface area contributed by atoms with Crippen LogP contribution in [0.1, 0.15) is 0 Å². The summed E-state index contributed by atoms with van der Waals surface area (Å²) in [4.78, 5) is 20.9. The van der Waals surface area contributed by atoms with Gasteiger partial charge in [0.1, 0.15) is 6.54 Å². The summed E-state index contributed by atoms with van der Waals surface area (Å²) < 4.78 is 7.14. The third kappa shape index (κ3) is 3.86. The molecule has 0 saturated heterocycles. The number of carbonyl (C=O) groups excluding carboxylic acids is 1. The standard InChI is InChI=1S/C23H18N6O2/c30-21(26-27-23-25-22(28-31-23)17-10-12-24-13-11-17)15-29-19-9-5-4-8-18(19)14-20(29)16-6-2-1-3-7-16/h1-14H,15H2,(H,26,30)(H,25,27,28). The molecule has 0 unspecified atom stereocenters. The molecule has 8 heteroatoms. The average molecular weight is 410 g/mol. The van der Waals surface area contributed by atoms with Crippen LogP contribution in [-0.2, 0) is 11.3 Å². The zero-order chi connectivity index (χ0) is 21.0. The van der Waals surface area contributed by atoms with Gasteiger partial charge in [-0.3, -0.25) is 15.2 Å². The second-order valence-electron chi connectivity index (χ2n) is 6.87. The van der Waals surface area contributed by atoms with Gasteiger partial charge in [-0.15, -0.1) is 0 Å². The van der Waals surface area contributed by atoms with Crippen molar-refractivity contribution in [3.05, 3.63) is 85.2 Å². The summed E-state index contributed by atoms with van der Waals surface area (Å²) >= 11 is 0. The number of pyridine rings is 1. The van der Waals surface area contributed by atoms with Crippen molar-refractivity contribution in [3.8, 4) is 22.6 Å². The van der Waals surface area contributed by atoms with E-state index in [4.69, 9.17) is 4.52 Å². The van der Waals surface area contributed by atoms with Crippen LogP contribution in [0.25, 0.3) is 33.5 Å². The van der Waals surface area contributed by atoms with Gasteiger partial charge in [-0.05, 0) is 29.8 Å². The highest BCUT2D eigenvalue weighted by Crippen LogP contribution is 2.28. The van der Waals surface area contributed by atoms with Crippen LogP contribution in [0.2, 0.25) is 0 Å². The van der Waals surface area contributed by atoms with Gasteiger partial charge in [0.25, 0.3) is 5.91 Å². The van der Waals surface area contributed by atoms with Crippen molar-refractivity contribution in [3.63, 3.8) is 0 Å². The zero-order valence-corrected chi connectivity index (χ0v) is 16.4. The zero-order valence-electron chi connectivity index (χ0n) is 16.4. The number of hydrazine groups is 1. The van der Waals surface area contributed by atoms with Crippen LogP contribution in [0.3, 0.4) is 0 Å². The Balaban J connectivity index is 1.34. The number of hydrogen-bond donors (Lipinski definition) is 2. The lowest BCUT2D eigenvalue weighted by atomic mass is 10.1. The predicted molar refractivity (Wildman–Crippen MR) is 117 cm³/mol. The summed E-state index contributed by atoms with van der Waals surface area (Å²) in [6.07, 6.45) is 3.29. The molecule has 0 saturated carbocycles. The molecular formula is C23H18N6O2. The molecule has 3 heterocycles. The highest BCUT2D eigenvalue weighted by Gasteiger charge is 2.14. The van der Waals surface area contributed by atoms with Crippen LogP contribution >= 0.6 is 0 Å². The minimum Gasteiger partial charge on any atom is -0.331 e. The lowest BCUT2D eigenvalue weighted by Gasteiger charge is -2.11. The number of fused-ring (bicyclic) bond motifs is 1. The van der Waals surface area contributed by atoms with Gasteiger partial charge in [0.15, 0.2) is 0 Å². The molecule has 2 aromatic carbocycles. The highest BCUT2D eigenvalue weighted by molar-refractivity contribution is 5.89. The van der Waals surface area contributed by atoms with E-state index in [1.807, 2.05) is 59.2 Å². The first kappa shape index (κ1) is 18.6. The molecule has 0 aliphatic carbocycles. The molecule has 3 aromatic heterocycles. The Hall–Kier alpha value is -4.46. The third-order valence-electron chi connectivity index (χ3n) is 4.86. The molecule has 0 radical (unpaired) electrons. The monoisotopic (exact) mass is 410 g/mol. The Morgan fingerprint density at radius 2 is 1.71 bits per heavy atom. The van der Waals surface area contributed by atoms with E-state index in [1.165, 1.54) is 0 Å². The summed E-state index contributed by atoms with van der Waals surface area (Å²) in [7, 11) is 0. The Morgan fingerprint density at radius 3 is 2.55 bits per heavy atom. The predicted octanol–water partition coefficient (Wildman–Crippen LogP) is 3.90. The number of nitrogens with one attached hydrogen (secondary N) is 2. The quantitative estimate of drug-likeness (QED) is 0.412. The molecule has 31 heavy (non-hydrogen) atoms. The van der Waals surface area contributed by atoms with Crippen molar-refractivity contribution in [1.82, 2.24) is 25.1 Å². The van der Waals surface area contributed by atoms with E-state index in [2.05, 4.69) is 32.0 Å². The summed E-state index contributed by atoms with van der Waals surface area (Å²) in [5, 5.41) is 4.97. The van der Waals surface area contributed by atoms with Crippen molar-refractivity contribution in [2.45, 2.75) is 6.54 Å². The lowest BCUT2D eigenvalue weighted by molar-refractivity contribution is -0.121. The minimum atomic E-state index is -0.248. The molecule has 0 spiro atoms. The van der Waals surface area contributed by atoms with E-state index in [9.17, 15) is 4.79 Å². The summed E-state index contributed by atoms with van der Waals surface area (Å²) in [5.41, 5.74) is 9.07. The SMILES string of the molecule is O=C(Cn1c(-c2ccccc2)cc2ccccc21)NNc1nc(-c2ccncc2)no1. The van der Waals surface area contributed by atoms with Crippen molar-refractivity contribution in [2.75, 3.05) is 5.43 Å². The van der Waals surface area contributed by atoms with E-state index < -0.39 is 0 Å². The second-order valence-corrected chi connectivity index (χ2v) is 6.87. The number of benzene rings is 2. The second kappa shape index (κ2) is 8.11. The maximum absolute atomic E-state index is 12.7. The largest absolute Gasteiger partial charge is 0.340 e. The van der Waals surface area contributed by atoms with E-state index in [-0.39, 0.29) is 18.5 Å². The molecule has 1 amide bonds. The molecule has 8 nitrogen and oxygen atoms in total. The van der Waals surface area contributed by atoms with E-state index in [0.717, 1.165) is 27.7 Å². The molecule has 2 N–H and O–H groups in total. The maximum Gasteiger partial charge on any atom is 0.340 e. The number of aromatic nitrogens is 4. The number of carbonyl (C=O) groups is 1. The van der Waals surface area contributed by atoms with Gasteiger partial charge in [-0.2, -0.15) is 4.98 Å². The Bertz CT molecular complexity index is 1330. The van der Waals surface area contributed by atoms with Crippen LogP contribution in [0.15, 0.2) is 89.7 Å². The van der Waals surface area contributed by atoms with E-state index in [0.29, 0.717) is 5.82 Å². The van der Waals surface area contributed by atoms with Crippen LogP contribution < -0.4 is 10.9 Å². The normalized spacial score (nSPS) is 10.8. The van der Waals surface area contributed by atoms with Gasteiger partial charge in [0, 0.05) is 34.6 Å². The van der Waals surface area contributed by atoms with Crippen LogP contribution in [0.5, 0.6) is 0 Å². The first-order chi connectivity index (χ1) is 15.3. The van der Waals surface area contributed by atoms with Crippen LogP contribution in [-0.4, -0.2) is 25.6 Å². The van der Waals surface area contributed by atoms with Gasteiger partial charge >= 0.3 is 6.01 Å². The highest BCUT2D eigenvalue weighted by atomic mass is 16.5. The topological polar surface area (TPSA) is 97.9 Å². The molecule has 0 aliphatic heterocycles.